The molecule has 9 heteroatoms. The third kappa shape index (κ3) is 7.00. The predicted molar refractivity (Wildman–Crippen MR) is 182 cm³/mol. The number of carbonyl (C=O) groups is 3. The average molecular weight is 614 g/mol. The summed E-state index contributed by atoms with van der Waals surface area (Å²) in [6.07, 6.45) is 5.94. The van der Waals surface area contributed by atoms with Crippen molar-refractivity contribution in [2.45, 2.75) is 23.5 Å². The summed E-state index contributed by atoms with van der Waals surface area (Å²) >= 11 is 1.42. The van der Waals surface area contributed by atoms with Gasteiger partial charge in [-0.2, -0.15) is 0 Å². The lowest BCUT2D eigenvalue weighted by atomic mass is 10.1. The fourth-order valence-electron chi connectivity index (χ4n) is 4.99. The van der Waals surface area contributed by atoms with E-state index in [-0.39, 0.29) is 16.9 Å². The number of aromatic amines is 2. The first-order valence-electron chi connectivity index (χ1n) is 14.6. The molecule has 6 rings (SSSR count). The van der Waals surface area contributed by atoms with Gasteiger partial charge in [-0.15, -0.1) is 11.8 Å². The van der Waals surface area contributed by atoms with Crippen LogP contribution in [0.1, 0.15) is 29.3 Å². The highest BCUT2D eigenvalue weighted by atomic mass is 32.2. The Morgan fingerprint density at radius 1 is 0.800 bits per heavy atom. The van der Waals surface area contributed by atoms with E-state index in [1.54, 1.807) is 42.6 Å². The van der Waals surface area contributed by atoms with Gasteiger partial charge in [0.2, 0.25) is 5.91 Å². The first kappa shape index (κ1) is 29.5. The van der Waals surface area contributed by atoms with Crippen molar-refractivity contribution < 1.29 is 14.4 Å². The van der Waals surface area contributed by atoms with Gasteiger partial charge in [-0.3, -0.25) is 14.4 Å². The van der Waals surface area contributed by atoms with E-state index in [2.05, 4.69) is 25.9 Å². The Morgan fingerprint density at radius 2 is 1.60 bits per heavy atom. The lowest BCUT2D eigenvalue weighted by molar-refractivity contribution is -0.116. The molecule has 3 amide bonds. The lowest BCUT2D eigenvalue weighted by Crippen LogP contribution is -2.30. The van der Waals surface area contributed by atoms with Crippen molar-refractivity contribution in [2.75, 3.05) is 10.6 Å². The second kappa shape index (κ2) is 13.4. The highest BCUT2D eigenvalue weighted by Crippen LogP contribution is 2.29. The smallest absolute Gasteiger partial charge is 0.272 e. The van der Waals surface area contributed by atoms with Crippen LogP contribution in [0.4, 0.5) is 11.4 Å². The van der Waals surface area contributed by atoms with Crippen molar-refractivity contribution in [3.8, 4) is 0 Å². The van der Waals surface area contributed by atoms with Crippen LogP contribution in [0.15, 0.2) is 126 Å². The molecule has 2 heterocycles. The molecular weight excluding hydrogens is 582 g/mol. The first-order chi connectivity index (χ1) is 22.0. The molecule has 5 N–H and O–H groups in total. The maximum Gasteiger partial charge on any atom is 0.272 e. The van der Waals surface area contributed by atoms with E-state index in [0.29, 0.717) is 17.7 Å². The number of benzene rings is 4. The molecule has 0 spiro atoms. The Bertz CT molecular complexity index is 2030. The van der Waals surface area contributed by atoms with Crippen LogP contribution < -0.4 is 16.0 Å². The van der Waals surface area contributed by atoms with Crippen LogP contribution >= 0.6 is 11.8 Å². The number of rotatable bonds is 10. The molecule has 1 atom stereocenters. The number of carbonyl (C=O) groups excluding carboxylic acids is 3. The van der Waals surface area contributed by atoms with E-state index in [0.717, 1.165) is 38.0 Å². The average Bonchev–Trinajstić information content (AvgIpc) is 3.70. The number of amides is 3. The maximum atomic E-state index is 13.6. The minimum atomic E-state index is -0.476. The van der Waals surface area contributed by atoms with Gasteiger partial charge in [-0.1, -0.05) is 55.5 Å². The molecule has 0 aliphatic carbocycles. The molecule has 0 saturated carbocycles. The number of hydrogen-bond donors (Lipinski definition) is 5. The summed E-state index contributed by atoms with van der Waals surface area (Å²) in [7, 11) is 0. The summed E-state index contributed by atoms with van der Waals surface area (Å²) < 4.78 is 0. The number of fused-ring (bicyclic) bond motifs is 2. The molecule has 4 aromatic carbocycles. The Hall–Kier alpha value is -5.54. The van der Waals surface area contributed by atoms with Gasteiger partial charge in [0.25, 0.3) is 11.8 Å². The molecule has 8 nitrogen and oxygen atoms in total. The van der Waals surface area contributed by atoms with Gasteiger partial charge in [0.15, 0.2) is 0 Å². The van der Waals surface area contributed by atoms with Crippen molar-refractivity contribution in [1.82, 2.24) is 15.3 Å². The molecular formula is C36H31N5O3S. The van der Waals surface area contributed by atoms with Gasteiger partial charge in [0.05, 0.1) is 5.25 Å². The van der Waals surface area contributed by atoms with Gasteiger partial charge in [0, 0.05) is 56.2 Å². The molecule has 2 aromatic heterocycles. The summed E-state index contributed by atoms with van der Waals surface area (Å²) in [4.78, 5) is 47.1. The second-order valence-electron chi connectivity index (χ2n) is 10.4. The molecule has 0 aliphatic rings. The first-order valence-corrected chi connectivity index (χ1v) is 15.4. The van der Waals surface area contributed by atoms with Crippen LogP contribution in [0.2, 0.25) is 0 Å². The number of nitrogens with one attached hydrogen (secondary N) is 5. The molecule has 0 bridgehead atoms. The third-order valence-electron chi connectivity index (χ3n) is 7.31. The van der Waals surface area contributed by atoms with Gasteiger partial charge < -0.3 is 25.9 Å². The minimum absolute atomic E-state index is 0.0940. The summed E-state index contributed by atoms with van der Waals surface area (Å²) in [6.45, 7) is 1.97. The van der Waals surface area contributed by atoms with Crippen LogP contribution in [0.3, 0.4) is 0 Å². The summed E-state index contributed by atoms with van der Waals surface area (Å²) in [5.74, 6) is -0.972. The standard InChI is InChI=1S/C36H31N5O3S/c1-2-33(36(44)40-27-16-15-23-17-18-37-31(23)21-27)45-28-12-8-11-26(20-28)39-35(43)32(41-34(42)24-9-4-3-5-10-24)19-25-22-38-30-14-7-6-13-29(25)30/h3-22,33,37-38H,2H2,1H3,(H,39,43)(H,40,44)(H,41,42)/b32-19-. The molecule has 1 unspecified atom stereocenters. The number of para-hydroxylation sites is 1. The van der Waals surface area contributed by atoms with E-state index in [4.69, 9.17) is 0 Å². The van der Waals surface area contributed by atoms with Crippen LogP contribution in [-0.4, -0.2) is 32.9 Å². The Balaban J connectivity index is 1.19. The highest BCUT2D eigenvalue weighted by Gasteiger charge is 2.20. The molecule has 0 fully saturated rings. The number of anilines is 2. The Morgan fingerprint density at radius 3 is 2.44 bits per heavy atom. The SMILES string of the molecule is CCC(Sc1cccc(NC(=O)/C(=C/c2c[nH]c3ccccc23)NC(=O)c2ccccc2)c1)C(=O)Nc1ccc2cc[nH]c2c1. The number of hydrogen-bond acceptors (Lipinski definition) is 4. The molecule has 224 valence electrons. The highest BCUT2D eigenvalue weighted by molar-refractivity contribution is 8.00. The van der Waals surface area contributed by atoms with Gasteiger partial charge >= 0.3 is 0 Å². The van der Waals surface area contributed by atoms with Crippen molar-refractivity contribution in [2.24, 2.45) is 0 Å². The number of H-pyrrole nitrogens is 2. The Labute approximate surface area is 264 Å². The maximum absolute atomic E-state index is 13.6. The zero-order chi connectivity index (χ0) is 31.2. The normalized spacial score (nSPS) is 12.2. The van der Waals surface area contributed by atoms with Gasteiger partial charge in [-0.25, -0.2) is 0 Å². The van der Waals surface area contributed by atoms with Gasteiger partial charge in [0.1, 0.15) is 5.70 Å². The molecule has 45 heavy (non-hydrogen) atoms. The minimum Gasteiger partial charge on any atom is -0.361 e. The van der Waals surface area contributed by atoms with Crippen molar-refractivity contribution in [3.63, 3.8) is 0 Å². The Kier molecular flexibility index (Phi) is 8.79. The van der Waals surface area contributed by atoms with Crippen molar-refractivity contribution in [3.05, 3.63) is 132 Å². The zero-order valence-electron chi connectivity index (χ0n) is 24.5. The third-order valence-corrected chi connectivity index (χ3v) is 8.66. The predicted octanol–water partition coefficient (Wildman–Crippen LogP) is 7.57. The number of aromatic nitrogens is 2. The van der Waals surface area contributed by atoms with E-state index in [1.807, 2.05) is 85.9 Å². The van der Waals surface area contributed by atoms with E-state index in [1.165, 1.54) is 11.8 Å². The fraction of sp³-hybridized carbons (Fsp3) is 0.0833. The van der Waals surface area contributed by atoms with Crippen LogP contribution in [-0.2, 0) is 9.59 Å². The molecule has 6 aromatic rings. The lowest BCUT2D eigenvalue weighted by Gasteiger charge is -2.16. The quantitative estimate of drug-likeness (QED) is 0.0809. The van der Waals surface area contributed by atoms with E-state index in [9.17, 15) is 14.4 Å². The van der Waals surface area contributed by atoms with E-state index < -0.39 is 11.8 Å². The van der Waals surface area contributed by atoms with Gasteiger partial charge in [-0.05, 0) is 72.5 Å². The summed E-state index contributed by atoms with van der Waals surface area (Å²) in [5.41, 5.74) is 4.43. The molecule has 0 radical (unpaired) electrons. The zero-order valence-corrected chi connectivity index (χ0v) is 25.3. The topological polar surface area (TPSA) is 119 Å². The van der Waals surface area contributed by atoms with Crippen LogP contribution in [0.25, 0.3) is 27.9 Å². The largest absolute Gasteiger partial charge is 0.361 e. The monoisotopic (exact) mass is 613 g/mol. The van der Waals surface area contributed by atoms with Crippen molar-refractivity contribution in [1.29, 1.82) is 0 Å². The van der Waals surface area contributed by atoms with Crippen LogP contribution in [0.5, 0.6) is 0 Å². The summed E-state index contributed by atoms with van der Waals surface area (Å²) in [6, 6.07) is 31.6. The second-order valence-corrected chi connectivity index (χ2v) is 11.7. The summed E-state index contributed by atoms with van der Waals surface area (Å²) in [5, 5.41) is 10.4. The fourth-order valence-corrected chi connectivity index (χ4v) is 6.01. The van der Waals surface area contributed by atoms with Crippen LogP contribution in [0, 0.1) is 0 Å². The molecule has 0 aliphatic heterocycles. The molecule has 0 saturated heterocycles. The van der Waals surface area contributed by atoms with Crippen molar-refractivity contribution >= 4 is 68.7 Å². The number of thioether (sulfide) groups is 1. The van der Waals surface area contributed by atoms with E-state index >= 15 is 0 Å².